The summed E-state index contributed by atoms with van der Waals surface area (Å²) in [4.78, 5) is 31.7. The van der Waals surface area contributed by atoms with Crippen molar-refractivity contribution in [1.82, 2.24) is 15.2 Å². The summed E-state index contributed by atoms with van der Waals surface area (Å²) in [5.41, 5.74) is 2.74. The van der Waals surface area contributed by atoms with Crippen molar-refractivity contribution in [2.24, 2.45) is 5.92 Å². The van der Waals surface area contributed by atoms with Crippen molar-refractivity contribution in [3.05, 3.63) is 51.5 Å². The number of benzene rings is 1. The number of hydrogen-bond donors (Lipinski definition) is 1. The lowest BCUT2D eigenvalue weighted by Crippen LogP contribution is -2.39. The molecule has 1 aromatic heterocycles. The average molecular weight is 398 g/mol. The first-order valence-corrected chi connectivity index (χ1v) is 11.1. The molecule has 0 bridgehead atoms. The van der Waals surface area contributed by atoms with Gasteiger partial charge in [0.25, 0.3) is 5.91 Å². The third-order valence-corrected chi connectivity index (χ3v) is 6.98. The highest BCUT2D eigenvalue weighted by Gasteiger charge is 2.28. The minimum Gasteiger partial charge on any atom is -0.350 e. The van der Waals surface area contributed by atoms with E-state index < -0.39 is 0 Å². The lowest BCUT2D eigenvalue weighted by Gasteiger charge is -2.32. The van der Waals surface area contributed by atoms with Gasteiger partial charge in [0.15, 0.2) is 0 Å². The number of thiazole rings is 1. The number of carbonyl (C=O) groups excluding carboxylic acids is 2. The maximum Gasteiger partial charge on any atom is 0.254 e. The Balaban J connectivity index is 1.37. The zero-order chi connectivity index (χ0) is 19.5. The summed E-state index contributed by atoms with van der Waals surface area (Å²) in [7, 11) is 0. The molecule has 2 heterocycles. The number of aromatic nitrogens is 1. The van der Waals surface area contributed by atoms with Gasteiger partial charge in [0.2, 0.25) is 5.91 Å². The maximum atomic E-state index is 12.9. The Morgan fingerprint density at radius 1 is 1.21 bits per heavy atom. The molecule has 1 N–H and O–H groups in total. The van der Waals surface area contributed by atoms with Crippen molar-refractivity contribution in [1.29, 1.82) is 0 Å². The van der Waals surface area contributed by atoms with Gasteiger partial charge in [-0.15, -0.1) is 11.3 Å². The molecule has 2 aromatic rings. The fraction of sp³-hybridized carbons (Fsp3) is 0.500. The average Bonchev–Trinajstić information content (AvgIpc) is 3.14. The van der Waals surface area contributed by atoms with E-state index >= 15 is 0 Å². The Hall–Kier alpha value is -2.21. The van der Waals surface area contributed by atoms with Crippen molar-refractivity contribution < 1.29 is 9.59 Å². The Kier molecular flexibility index (Phi) is 5.76. The predicted octanol–water partition coefficient (Wildman–Crippen LogP) is 3.89. The quantitative estimate of drug-likeness (QED) is 0.833. The Morgan fingerprint density at radius 2 is 2.04 bits per heavy atom. The molecule has 1 aromatic carbocycles. The fourth-order valence-corrected chi connectivity index (χ4v) is 4.88. The zero-order valence-electron chi connectivity index (χ0n) is 16.3. The minimum absolute atomic E-state index is 0.118. The van der Waals surface area contributed by atoms with Gasteiger partial charge in [0.1, 0.15) is 0 Å². The van der Waals surface area contributed by atoms with Crippen LogP contribution in [0.3, 0.4) is 0 Å². The third kappa shape index (κ3) is 4.12. The van der Waals surface area contributed by atoms with Crippen LogP contribution in [0.25, 0.3) is 0 Å². The lowest BCUT2D eigenvalue weighted by atomic mass is 9.85. The molecule has 1 saturated heterocycles. The van der Waals surface area contributed by atoms with E-state index in [4.69, 9.17) is 4.98 Å². The van der Waals surface area contributed by atoms with Crippen LogP contribution < -0.4 is 5.32 Å². The largest absolute Gasteiger partial charge is 0.350 e. The molecule has 1 aliphatic carbocycles. The number of hydrogen-bond acceptors (Lipinski definition) is 4. The van der Waals surface area contributed by atoms with Crippen molar-refractivity contribution in [3.8, 4) is 0 Å². The van der Waals surface area contributed by atoms with Crippen LogP contribution in [0.15, 0.2) is 29.6 Å². The second kappa shape index (κ2) is 8.43. The highest BCUT2D eigenvalue weighted by atomic mass is 32.1. The summed E-state index contributed by atoms with van der Waals surface area (Å²) in [5.74, 6) is 0.765. The second-order valence-corrected chi connectivity index (χ2v) is 8.82. The molecule has 6 heteroatoms. The van der Waals surface area contributed by atoms with Crippen molar-refractivity contribution in [2.45, 2.75) is 51.5 Å². The van der Waals surface area contributed by atoms with Gasteiger partial charge in [-0.25, -0.2) is 4.98 Å². The number of likely N-dealkylation sites (tertiary alicyclic amines) is 1. The summed E-state index contributed by atoms with van der Waals surface area (Å²) in [6.45, 7) is 4.01. The molecule has 2 aliphatic rings. The van der Waals surface area contributed by atoms with Crippen molar-refractivity contribution in [3.63, 3.8) is 0 Å². The standard InChI is InChI=1S/C22H27N3O2S/c1-15-6-2-3-10-19(15)22(27)25-11-5-9-17(13-25)21-24-18(14-28-21)12-23-20(26)16-7-4-8-16/h2-3,6,10,14,16-17H,4-5,7-9,11-13H2,1H3,(H,23,26)/t17-/m0/s1. The predicted molar refractivity (Wildman–Crippen MR) is 110 cm³/mol. The summed E-state index contributed by atoms with van der Waals surface area (Å²) < 4.78 is 0. The van der Waals surface area contributed by atoms with Gasteiger partial charge in [-0.05, 0) is 44.2 Å². The molecule has 2 amide bonds. The second-order valence-electron chi connectivity index (χ2n) is 7.93. The van der Waals surface area contributed by atoms with Gasteiger partial charge in [-0.3, -0.25) is 9.59 Å². The molecular formula is C22H27N3O2S. The van der Waals surface area contributed by atoms with Crippen LogP contribution in [0, 0.1) is 12.8 Å². The number of nitrogens with one attached hydrogen (secondary N) is 1. The van der Waals surface area contributed by atoms with Crippen molar-refractivity contribution >= 4 is 23.2 Å². The lowest BCUT2D eigenvalue weighted by molar-refractivity contribution is -0.127. The van der Waals surface area contributed by atoms with Gasteiger partial charge in [-0.1, -0.05) is 24.6 Å². The molecule has 1 aliphatic heterocycles. The summed E-state index contributed by atoms with van der Waals surface area (Å²) in [5, 5.41) is 6.13. The number of amides is 2. The molecule has 0 spiro atoms. The summed E-state index contributed by atoms with van der Waals surface area (Å²) in [6, 6.07) is 7.78. The molecule has 5 nitrogen and oxygen atoms in total. The minimum atomic E-state index is 0.118. The van der Waals surface area contributed by atoms with Crippen LogP contribution in [0.2, 0.25) is 0 Å². The van der Waals surface area contributed by atoms with E-state index in [2.05, 4.69) is 5.32 Å². The highest BCUT2D eigenvalue weighted by molar-refractivity contribution is 7.09. The van der Waals surface area contributed by atoms with Gasteiger partial charge in [0, 0.05) is 35.9 Å². The zero-order valence-corrected chi connectivity index (χ0v) is 17.1. The summed E-state index contributed by atoms with van der Waals surface area (Å²) >= 11 is 1.65. The van der Waals surface area contributed by atoms with E-state index in [1.165, 1.54) is 6.42 Å². The first-order chi connectivity index (χ1) is 13.6. The van der Waals surface area contributed by atoms with E-state index in [1.807, 2.05) is 41.5 Å². The van der Waals surface area contributed by atoms with E-state index in [0.717, 1.165) is 54.1 Å². The topological polar surface area (TPSA) is 62.3 Å². The number of aryl methyl sites for hydroxylation is 1. The van der Waals surface area contributed by atoms with Crippen LogP contribution in [0.5, 0.6) is 0 Å². The van der Waals surface area contributed by atoms with Gasteiger partial charge >= 0.3 is 0 Å². The van der Waals surface area contributed by atoms with Crippen LogP contribution >= 0.6 is 11.3 Å². The van der Waals surface area contributed by atoms with Crippen LogP contribution in [0.1, 0.15) is 64.6 Å². The van der Waals surface area contributed by atoms with Crippen LogP contribution in [0.4, 0.5) is 0 Å². The number of rotatable bonds is 5. The molecule has 148 valence electrons. The number of nitrogens with zero attached hydrogens (tertiary/aromatic N) is 2. The molecule has 4 rings (SSSR count). The molecule has 1 atom stereocenters. The Bertz CT molecular complexity index is 859. The molecular weight excluding hydrogens is 370 g/mol. The van der Waals surface area contributed by atoms with E-state index in [0.29, 0.717) is 13.1 Å². The van der Waals surface area contributed by atoms with Gasteiger partial charge in [-0.2, -0.15) is 0 Å². The summed E-state index contributed by atoms with van der Waals surface area (Å²) in [6.07, 6.45) is 5.24. The smallest absolute Gasteiger partial charge is 0.254 e. The van der Waals surface area contributed by atoms with Gasteiger partial charge < -0.3 is 10.2 Å². The highest BCUT2D eigenvalue weighted by Crippen LogP contribution is 2.30. The first-order valence-electron chi connectivity index (χ1n) is 10.2. The molecule has 1 saturated carbocycles. The monoisotopic (exact) mass is 397 g/mol. The number of carbonyl (C=O) groups is 2. The Morgan fingerprint density at radius 3 is 2.79 bits per heavy atom. The molecule has 2 fully saturated rings. The van der Waals surface area contributed by atoms with E-state index in [-0.39, 0.29) is 23.7 Å². The van der Waals surface area contributed by atoms with Gasteiger partial charge in [0.05, 0.1) is 17.2 Å². The van der Waals surface area contributed by atoms with E-state index in [9.17, 15) is 9.59 Å². The normalized spacial score (nSPS) is 19.9. The van der Waals surface area contributed by atoms with Crippen molar-refractivity contribution in [2.75, 3.05) is 13.1 Å². The SMILES string of the molecule is Cc1ccccc1C(=O)N1CCC[C@H](c2nc(CNC(=O)C3CCC3)cs2)C1. The first kappa shape index (κ1) is 19.1. The molecule has 0 radical (unpaired) electrons. The third-order valence-electron chi connectivity index (χ3n) is 5.92. The Labute approximate surface area is 170 Å². The molecule has 28 heavy (non-hydrogen) atoms. The van der Waals surface area contributed by atoms with Crippen LogP contribution in [-0.2, 0) is 11.3 Å². The molecule has 0 unspecified atom stereocenters. The fourth-order valence-electron chi connectivity index (χ4n) is 3.93. The number of piperidine rings is 1. The van der Waals surface area contributed by atoms with E-state index in [1.54, 1.807) is 11.3 Å². The maximum absolute atomic E-state index is 12.9. The van der Waals surface area contributed by atoms with Crippen LogP contribution in [-0.4, -0.2) is 34.8 Å².